The van der Waals surface area contributed by atoms with Gasteiger partial charge >= 0.3 is 0 Å². The Morgan fingerprint density at radius 1 is 1.25 bits per heavy atom. The van der Waals surface area contributed by atoms with Crippen molar-refractivity contribution in [2.24, 2.45) is 0 Å². The molecule has 32 heavy (non-hydrogen) atoms. The van der Waals surface area contributed by atoms with Crippen LogP contribution in [0.5, 0.6) is 0 Å². The maximum absolute atomic E-state index is 12.8. The summed E-state index contributed by atoms with van der Waals surface area (Å²) in [5, 5.41) is 2.82. The fourth-order valence-corrected chi connectivity index (χ4v) is 6.49. The van der Waals surface area contributed by atoms with Crippen LogP contribution < -0.4 is 5.56 Å². The number of sulfonamides is 1. The Morgan fingerprint density at radius 3 is 2.66 bits per heavy atom. The molecule has 0 spiro atoms. The van der Waals surface area contributed by atoms with Gasteiger partial charge in [-0.3, -0.25) is 4.79 Å². The number of aromatic nitrogens is 3. The Bertz CT molecular complexity index is 1370. The van der Waals surface area contributed by atoms with Gasteiger partial charge < -0.3 is 9.40 Å². The molecule has 1 N–H and O–H groups in total. The molecule has 0 aliphatic rings. The van der Waals surface area contributed by atoms with Crippen LogP contribution in [-0.4, -0.2) is 40.8 Å². The molecule has 0 saturated carbocycles. The zero-order valence-corrected chi connectivity index (χ0v) is 20.2. The second kappa shape index (κ2) is 9.18. The van der Waals surface area contributed by atoms with Gasteiger partial charge in [0.2, 0.25) is 10.0 Å². The van der Waals surface area contributed by atoms with Crippen LogP contribution in [0.2, 0.25) is 0 Å². The molecule has 4 aromatic heterocycles. The summed E-state index contributed by atoms with van der Waals surface area (Å²) < 4.78 is 32.1. The van der Waals surface area contributed by atoms with Crippen LogP contribution in [0.4, 0.5) is 0 Å². The van der Waals surface area contributed by atoms with E-state index in [1.165, 1.54) is 33.6 Å². The Hall–Kier alpha value is -2.47. The van der Waals surface area contributed by atoms with Gasteiger partial charge in [0.1, 0.15) is 21.3 Å². The minimum atomic E-state index is -3.55. The summed E-state index contributed by atoms with van der Waals surface area (Å²) in [6.07, 6.45) is 2.94. The van der Waals surface area contributed by atoms with E-state index in [1.807, 2.05) is 18.4 Å². The third-order valence-corrected chi connectivity index (χ3v) is 8.95. The quantitative estimate of drug-likeness (QED) is 0.362. The van der Waals surface area contributed by atoms with Gasteiger partial charge in [0, 0.05) is 30.2 Å². The van der Waals surface area contributed by atoms with Gasteiger partial charge in [0.25, 0.3) is 5.56 Å². The van der Waals surface area contributed by atoms with Gasteiger partial charge in [-0.25, -0.2) is 18.4 Å². The van der Waals surface area contributed by atoms with Crippen molar-refractivity contribution >= 4 is 43.3 Å². The average Bonchev–Trinajstić information content (AvgIpc) is 3.44. The highest BCUT2D eigenvalue weighted by molar-refractivity contribution is 7.99. The highest BCUT2D eigenvalue weighted by Gasteiger charge is 2.22. The molecule has 0 saturated heterocycles. The van der Waals surface area contributed by atoms with Crippen LogP contribution >= 0.6 is 23.1 Å². The zero-order valence-electron chi connectivity index (χ0n) is 17.7. The minimum Gasteiger partial charge on any atom is -0.464 e. The SMILES string of the molecule is CCN(CC)S(=O)(=O)c1ccc(SC(C)c2nc3scc(-c4ccco4)c3c(=O)[nH]2)nc1. The third kappa shape index (κ3) is 4.25. The molecule has 168 valence electrons. The topological polar surface area (TPSA) is 109 Å². The predicted octanol–water partition coefficient (Wildman–Crippen LogP) is 4.52. The monoisotopic (exact) mass is 490 g/mol. The second-order valence-electron chi connectivity index (χ2n) is 6.94. The lowest BCUT2D eigenvalue weighted by atomic mass is 10.2. The third-order valence-electron chi connectivity index (χ3n) is 4.98. The van der Waals surface area contributed by atoms with E-state index in [2.05, 4.69) is 15.0 Å². The maximum atomic E-state index is 12.8. The normalized spacial score (nSPS) is 13.1. The van der Waals surface area contributed by atoms with Crippen LogP contribution in [0, 0.1) is 0 Å². The van der Waals surface area contributed by atoms with Crippen molar-refractivity contribution in [1.29, 1.82) is 0 Å². The van der Waals surface area contributed by atoms with Gasteiger partial charge in [0.05, 0.1) is 21.9 Å². The lowest BCUT2D eigenvalue weighted by molar-refractivity contribution is 0.445. The lowest BCUT2D eigenvalue weighted by Crippen LogP contribution is -2.30. The van der Waals surface area contributed by atoms with Gasteiger partial charge in [-0.2, -0.15) is 4.31 Å². The van der Waals surface area contributed by atoms with Gasteiger partial charge in [-0.15, -0.1) is 11.3 Å². The zero-order chi connectivity index (χ0) is 22.9. The fourth-order valence-electron chi connectivity index (χ4n) is 3.31. The molecule has 1 unspecified atom stereocenters. The van der Waals surface area contributed by atoms with Crippen LogP contribution in [0.25, 0.3) is 21.5 Å². The summed E-state index contributed by atoms with van der Waals surface area (Å²) in [5.74, 6) is 1.16. The molecular formula is C21H22N4O4S3. The Kier molecular flexibility index (Phi) is 6.52. The molecule has 0 aromatic carbocycles. The maximum Gasteiger partial charge on any atom is 0.260 e. The largest absolute Gasteiger partial charge is 0.464 e. The molecule has 8 nitrogen and oxygen atoms in total. The first-order valence-corrected chi connectivity index (χ1v) is 13.2. The van der Waals surface area contributed by atoms with E-state index in [0.29, 0.717) is 39.9 Å². The highest BCUT2D eigenvalue weighted by atomic mass is 32.2. The number of thiophene rings is 1. The van der Waals surface area contributed by atoms with Crippen molar-refractivity contribution < 1.29 is 12.8 Å². The second-order valence-corrected chi connectivity index (χ2v) is 11.1. The van der Waals surface area contributed by atoms with E-state index in [0.717, 1.165) is 5.56 Å². The molecule has 4 aromatic rings. The van der Waals surface area contributed by atoms with Crippen molar-refractivity contribution in [3.05, 3.63) is 58.3 Å². The van der Waals surface area contributed by atoms with E-state index in [4.69, 9.17) is 4.42 Å². The Morgan fingerprint density at radius 2 is 2.03 bits per heavy atom. The lowest BCUT2D eigenvalue weighted by Gasteiger charge is -2.18. The van der Waals surface area contributed by atoms with Crippen LogP contribution in [0.3, 0.4) is 0 Å². The van der Waals surface area contributed by atoms with Crippen molar-refractivity contribution in [1.82, 2.24) is 19.3 Å². The summed E-state index contributed by atoms with van der Waals surface area (Å²) in [6.45, 7) is 6.32. The number of hydrogen-bond acceptors (Lipinski definition) is 8. The van der Waals surface area contributed by atoms with Crippen molar-refractivity contribution in [3.8, 4) is 11.3 Å². The summed E-state index contributed by atoms with van der Waals surface area (Å²) in [4.78, 5) is 25.4. The first-order chi connectivity index (χ1) is 15.3. The number of aromatic amines is 1. The summed E-state index contributed by atoms with van der Waals surface area (Å²) >= 11 is 2.78. The van der Waals surface area contributed by atoms with Gasteiger partial charge in [-0.05, 0) is 31.2 Å². The molecule has 0 aliphatic heterocycles. The Balaban J connectivity index is 1.57. The molecule has 0 radical (unpaired) electrons. The first kappa shape index (κ1) is 22.7. The molecule has 0 aliphatic carbocycles. The van der Waals surface area contributed by atoms with Gasteiger partial charge in [0.15, 0.2) is 0 Å². The van der Waals surface area contributed by atoms with E-state index >= 15 is 0 Å². The summed E-state index contributed by atoms with van der Waals surface area (Å²) in [6, 6.07) is 6.82. The number of furan rings is 1. The molecule has 0 amide bonds. The van der Waals surface area contributed by atoms with Gasteiger partial charge in [-0.1, -0.05) is 25.6 Å². The summed E-state index contributed by atoms with van der Waals surface area (Å²) in [7, 11) is -3.55. The number of thioether (sulfide) groups is 1. The minimum absolute atomic E-state index is 0.162. The number of H-pyrrole nitrogens is 1. The van der Waals surface area contributed by atoms with Crippen molar-refractivity contribution in [3.63, 3.8) is 0 Å². The molecule has 4 heterocycles. The van der Waals surface area contributed by atoms with E-state index < -0.39 is 10.0 Å². The molecule has 1 atom stereocenters. The van der Waals surface area contributed by atoms with Crippen LogP contribution in [-0.2, 0) is 10.0 Å². The van der Waals surface area contributed by atoms with E-state index in [9.17, 15) is 13.2 Å². The number of fused-ring (bicyclic) bond motifs is 1. The molecule has 0 bridgehead atoms. The molecular weight excluding hydrogens is 468 g/mol. The van der Waals surface area contributed by atoms with E-state index in [1.54, 1.807) is 38.3 Å². The number of nitrogens with zero attached hydrogens (tertiary/aromatic N) is 3. The molecule has 4 rings (SSSR count). The fraction of sp³-hybridized carbons (Fsp3) is 0.286. The van der Waals surface area contributed by atoms with Crippen LogP contribution in [0.1, 0.15) is 31.8 Å². The van der Waals surface area contributed by atoms with Crippen molar-refractivity contribution in [2.75, 3.05) is 13.1 Å². The Labute approximate surface area is 193 Å². The average molecular weight is 491 g/mol. The van der Waals surface area contributed by atoms with E-state index in [-0.39, 0.29) is 15.7 Å². The number of pyridine rings is 1. The number of hydrogen-bond donors (Lipinski definition) is 1. The smallest absolute Gasteiger partial charge is 0.260 e. The molecule has 11 heteroatoms. The predicted molar refractivity (Wildman–Crippen MR) is 127 cm³/mol. The first-order valence-electron chi connectivity index (χ1n) is 10.0. The van der Waals surface area contributed by atoms with Crippen LogP contribution in [0.15, 0.2) is 61.2 Å². The number of rotatable bonds is 8. The highest BCUT2D eigenvalue weighted by Crippen LogP contribution is 2.35. The molecule has 0 fully saturated rings. The van der Waals surface area contributed by atoms with Crippen molar-refractivity contribution in [2.45, 2.75) is 35.9 Å². The standard InChI is InChI=1S/C21H22N4O4S3/c1-4-25(5-2)32(27,28)14-8-9-17(22-11-14)31-13(3)19-23-20(26)18-15(12-30-21(18)24-19)16-7-6-10-29-16/h6-13H,4-5H2,1-3H3,(H,23,24,26). The number of nitrogens with one attached hydrogen (secondary N) is 1. The summed E-state index contributed by atoms with van der Waals surface area (Å²) in [5.41, 5.74) is 0.501.